The maximum absolute atomic E-state index is 11.2. The van der Waals surface area contributed by atoms with Gasteiger partial charge in [-0.3, -0.25) is 0 Å². The smallest absolute Gasteiger partial charge is 0.358 e. The standard InChI is InChI=1S/C12H20N4O3/c1-12(18,8-16(2)3)7-15-10-6-13-9(5-14-10)11(17)19-4/h5-6,18H,7-8H2,1-4H3,(H,14,15). The number of rotatable bonds is 6. The summed E-state index contributed by atoms with van der Waals surface area (Å²) in [6.45, 7) is 2.58. The third-order valence-electron chi connectivity index (χ3n) is 2.35. The summed E-state index contributed by atoms with van der Waals surface area (Å²) in [5, 5.41) is 13.1. The predicted octanol–water partition coefficient (Wildman–Crippen LogP) is -0.0123. The van der Waals surface area contributed by atoms with Crippen molar-refractivity contribution in [1.82, 2.24) is 14.9 Å². The van der Waals surface area contributed by atoms with Crippen LogP contribution in [0.15, 0.2) is 12.4 Å². The van der Waals surface area contributed by atoms with Crippen molar-refractivity contribution in [2.75, 3.05) is 39.6 Å². The third kappa shape index (κ3) is 5.19. The normalized spacial score (nSPS) is 14.0. The van der Waals surface area contributed by atoms with Crippen LogP contribution < -0.4 is 5.32 Å². The summed E-state index contributed by atoms with van der Waals surface area (Å²) >= 11 is 0. The molecule has 106 valence electrons. The zero-order valence-corrected chi connectivity index (χ0v) is 11.7. The van der Waals surface area contributed by atoms with E-state index in [4.69, 9.17) is 0 Å². The van der Waals surface area contributed by atoms with Crippen molar-refractivity contribution < 1.29 is 14.6 Å². The Bertz CT molecular complexity index is 417. The zero-order chi connectivity index (χ0) is 14.5. The fourth-order valence-corrected chi connectivity index (χ4v) is 1.65. The number of hydrogen-bond donors (Lipinski definition) is 2. The first-order valence-electron chi connectivity index (χ1n) is 5.85. The molecule has 0 saturated carbocycles. The molecule has 0 aliphatic carbocycles. The number of anilines is 1. The lowest BCUT2D eigenvalue weighted by Gasteiger charge is -2.27. The quantitative estimate of drug-likeness (QED) is 0.701. The highest BCUT2D eigenvalue weighted by Gasteiger charge is 2.21. The number of carbonyl (C=O) groups is 1. The lowest BCUT2D eigenvalue weighted by atomic mass is 10.1. The molecule has 1 rings (SSSR count). The SMILES string of the molecule is COC(=O)c1cnc(NCC(C)(O)CN(C)C)cn1. The molecule has 0 aromatic carbocycles. The Morgan fingerprint density at radius 3 is 2.63 bits per heavy atom. The Balaban J connectivity index is 2.57. The molecule has 0 amide bonds. The van der Waals surface area contributed by atoms with Gasteiger partial charge in [0.05, 0.1) is 25.1 Å². The predicted molar refractivity (Wildman–Crippen MR) is 71.0 cm³/mol. The number of carbonyl (C=O) groups excluding carboxylic acids is 1. The third-order valence-corrected chi connectivity index (χ3v) is 2.35. The molecule has 1 atom stereocenters. The molecule has 0 fully saturated rings. The van der Waals surface area contributed by atoms with Gasteiger partial charge in [0.1, 0.15) is 5.82 Å². The Hall–Kier alpha value is -1.73. The minimum absolute atomic E-state index is 0.146. The van der Waals surface area contributed by atoms with E-state index in [0.717, 1.165) is 0 Å². The van der Waals surface area contributed by atoms with Crippen LogP contribution in [0, 0.1) is 0 Å². The largest absolute Gasteiger partial charge is 0.464 e. The van der Waals surface area contributed by atoms with E-state index in [1.807, 2.05) is 19.0 Å². The second-order valence-electron chi connectivity index (χ2n) is 4.87. The van der Waals surface area contributed by atoms with Gasteiger partial charge in [-0.05, 0) is 21.0 Å². The average molecular weight is 268 g/mol. The zero-order valence-electron chi connectivity index (χ0n) is 11.7. The average Bonchev–Trinajstić information content (AvgIpc) is 2.34. The van der Waals surface area contributed by atoms with E-state index in [1.165, 1.54) is 19.5 Å². The van der Waals surface area contributed by atoms with Gasteiger partial charge in [0.25, 0.3) is 0 Å². The fourth-order valence-electron chi connectivity index (χ4n) is 1.65. The molecule has 0 bridgehead atoms. The van der Waals surface area contributed by atoms with Crippen molar-refractivity contribution in [1.29, 1.82) is 0 Å². The van der Waals surface area contributed by atoms with Crippen LogP contribution in [0.1, 0.15) is 17.4 Å². The molecule has 19 heavy (non-hydrogen) atoms. The van der Waals surface area contributed by atoms with Crippen molar-refractivity contribution in [2.24, 2.45) is 0 Å². The van der Waals surface area contributed by atoms with Crippen LogP contribution >= 0.6 is 0 Å². The number of methoxy groups -OCH3 is 1. The summed E-state index contributed by atoms with van der Waals surface area (Å²) in [7, 11) is 5.06. The number of ether oxygens (including phenoxy) is 1. The van der Waals surface area contributed by atoms with Gasteiger partial charge < -0.3 is 20.1 Å². The molecule has 0 aliphatic heterocycles. The monoisotopic (exact) mass is 268 g/mol. The highest BCUT2D eigenvalue weighted by Crippen LogP contribution is 2.08. The van der Waals surface area contributed by atoms with E-state index in [1.54, 1.807) is 6.92 Å². The van der Waals surface area contributed by atoms with Gasteiger partial charge in [-0.2, -0.15) is 0 Å². The van der Waals surface area contributed by atoms with E-state index in [-0.39, 0.29) is 5.69 Å². The molecule has 1 aromatic rings. The van der Waals surface area contributed by atoms with E-state index in [2.05, 4.69) is 20.0 Å². The fraction of sp³-hybridized carbons (Fsp3) is 0.583. The van der Waals surface area contributed by atoms with Gasteiger partial charge in [0.2, 0.25) is 0 Å². The second kappa shape index (κ2) is 6.44. The minimum Gasteiger partial charge on any atom is -0.464 e. The van der Waals surface area contributed by atoms with Crippen LogP contribution in [0.4, 0.5) is 5.82 Å². The molecule has 2 N–H and O–H groups in total. The molecule has 0 radical (unpaired) electrons. The van der Waals surface area contributed by atoms with Crippen molar-refractivity contribution >= 4 is 11.8 Å². The van der Waals surface area contributed by atoms with Crippen LogP contribution in [0.3, 0.4) is 0 Å². The molecular weight excluding hydrogens is 248 g/mol. The van der Waals surface area contributed by atoms with E-state index >= 15 is 0 Å². The first-order valence-corrected chi connectivity index (χ1v) is 5.85. The van der Waals surface area contributed by atoms with Crippen molar-refractivity contribution in [2.45, 2.75) is 12.5 Å². The lowest BCUT2D eigenvalue weighted by molar-refractivity contribution is 0.0458. The maximum Gasteiger partial charge on any atom is 0.358 e. The van der Waals surface area contributed by atoms with Gasteiger partial charge in [0, 0.05) is 13.1 Å². The Kier molecular flexibility index (Phi) is 5.20. The summed E-state index contributed by atoms with van der Waals surface area (Å²) < 4.78 is 4.53. The van der Waals surface area contributed by atoms with Gasteiger partial charge in [0.15, 0.2) is 5.69 Å². The molecule has 1 unspecified atom stereocenters. The molecule has 0 aliphatic rings. The molecular formula is C12H20N4O3. The highest BCUT2D eigenvalue weighted by molar-refractivity contribution is 5.86. The Morgan fingerprint density at radius 1 is 1.47 bits per heavy atom. The molecule has 7 heteroatoms. The first kappa shape index (κ1) is 15.3. The lowest BCUT2D eigenvalue weighted by Crippen LogP contribution is -2.43. The van der Waals surface area contributed by atoms with Crippen LogP contribution in [0.2, 0.25) is 0 Å². The van der Waals surface area contributed by atoms with Crippen LogP contribution in [-0.4, -0.2) is 65.8 Å². The highest BCUT2D eigenvalue weighted by atomic mass is 16.5. The van der Waals surface area contributed by atoms with Crippen molar-refractivity contribution in [3.8, 4) is 0 Å². The van der Waals surface area contributed by atoms with Gasteiger partial charge in [-0.1, -0.05) is 0 Å². The number of hydrogen-bond acceptors (Lipinski definition) is 7. The number of esters is 1. The Labute approximate surface area is 112 Å². The Morgan fingerprint density at radius 2 is 2.16 bits per heavy atom. The molecule has 0 spiro atoms. The van der Waals surface area contributed by atoms with Gasteiger partial charge >= 0.3 is 5.97 Å². The van der Waals surface area contributed by atoms with E-state index in [9.17, 15) is 9.90 Å². The maximum atomic E-state index is 11.2. The number of nitrogens with zero attached hydrogens (tertiary/aromatic N) is 3. The summed E-state index contributed by atoms with van der Waals surface area (Å²) in [6, 6.07) is 0. The summed E-state index contributed by atoms with van der Waals surface area (Å²) in [5.41, 5.74) is -0.736. The summed E-state index contributed by atoms with van der Waals surface area (Å²) in [5.74, 6) is -0.0367. The second-order valence-corrected chi connectivity index (χ2v) is 4.87. The van der Waals surface area contributed by atoms with Crippen molar-refractivity contribution in [3.63, 3.8) is 0 Å². The molecule has 0 saturated heterocycles. The molecule has 1 heterocycles. The minimum atomic E-state index is -0.883. The van der Waals surface area contributed by atoms with Crippen LogP contribution in [-0.2, 0) is 4.74 Å². The van der Waals surface area contributed by atoms with Crippen LogP contribution in [0.5, 0.6) is 0 Å². The number of nitrogens with one attached hydrogen (secondary N) is 1. The molecule has 7 nitrogen and oxygen atoms in total. The first-order chi connectivity index (χ1) is 8.84. The summed E-state index contributed by atoms with van der Waals surface area (Å²) in [4.78, 5) is 21.0. The van der Waals surface area contributed by atoms with E-state index < -0.39 is 11.6 Å². The summed E-state index contributed by atoms with van der Waals surface area (Å²) in [6.07, 6.45) is 2.76. The number of likely N-dealkylation sites (N-methyl/N-ethyl adjacent to an activating group) is 1. The molecule has 1 aromatic heterocycles. The number of aliphatic hydroxyl groups is 1. The van der Waals surface area contributed by atoms with E-state index in [0.29, 0.717) is 18.9 Å². The van der Waals surface area contributed by atoms with Crippen molar-refractivity contribution in [3.05, 3.63) is 18.1 Å². The number of aromatic nitrogens is 2. The van der Waals surface area contributed by atoms with Gasteiger partial charge in [-0.15, -0.1) is 0 Å². The van der Waals surface area contributed by atoms with Crippen LogP contribution in [0.25, 0.3) is 0 Å². The topological polar surface area (TPSA) is 87.6 Å². The van der Waals surface area contributed by atoms with Gasteiger partial charge in [-0.25, -0.2) is 14.8 Å².